The number of amides is 1. The molecule has 1 aromatic rings. The number of anilines is 1. The molecule has 0 atom stereocenters. The maximum atomic E-state index is 11.2. The fourth-order valence-electron chi connectivity index (χ4n) is 5.25. The van der Waals surface area contributed by atoms with Gasteiger partial charge in [0.1, 0.15) is 11.6 Å². The van der Waals surface area contributed by atoms with Crippen molar-refractivity contribution in [2.24, 2.45) is 17.8 Å². The van der Waals surface area contributed by atoms with Crippen LogP contribution >= 0.6 is 0 Å². The van der Waals surface area contributed by atoms with Crippen molar-refractivity contribution < 1.29 is 4.79 Å². The first-order valence-corrected chi connectivity index (χ1v) is 7.74. The third-order valence-electron chi connectivity index (χ3n) is 5.47. The first kappa shape index (κ1) is 12.3. The summed E-state index contributed by atoms with van der Waals surface area (Å²) in [6.45, 7) is 1.52. The fraction of sp³-hybridized carbons (Fsp3) is 0.688. The molecule has 4 bridgehead atoms. The molecule has 4 heteroatoms. The summed E-state index contributed by atoms with van der Waals surface area (Å²) in [4.78, 5) is 20.4. The molecule has 1 aromatic heterocycles. The molecule has 0 radical (unpaired) electrons. The largest absolute Gasteiger partial charge is 0.311 e. The molecule has 4 nitrogen and oxygen atoms in total. The number of aromatic nitrogens is 2. The topological polar surface area (TPSA) is 54.9 Å². The van der Waals surface area contributed by atoms with E-state index >= 15 is 0 Å². The lowest BCUT2D eigenvalue weighted by Gasteiger charge is -2.55. The molecule has 1 amide bonds. The van der Waals surface area contributed by atoms with Crippen LogP contribution in [0.5, 0.6) is 0 Å². The SMILES string of the molecule is CC(=O)Nc1ccnc(C23CC4CC(CC(C4)C2)C3)n1. The zero-order valence-electron chi connectivity index (χ0n) is 11.9. The lowest BCUT2D eigenvalue weighted by Crippen LogP contribution is -2.49. The van der Waals surface area contributed by atoms with E-state index in [1.54, 1.807) is 12.3 Å². The van der Waals surface area contributed by atoms with Crippen LogP contribution in [0, 0.1) is 17.8 Å². The van der Waals surface area contributed by atoms with Crippen LogP contribution in [0.25, 0.3) is 0 Å². The van der Waals surface area contributed by atoms with Gasteiger partial charge in [-0.1, -0.05) is 0 Å². The summed E-state index contributed by atoms with van der Waals surface area (Å²) in [6, 6.07) is 1.78. The fourth-order valence-corrected chi connectivity index (χ4v) is 5.25. The van der Waals surface area contributed by atoms with Gasteiger partial charge in [0.05, 0.1) is 0 Å². The van der Waals surface area contributed by atoms with Crippen molar-refractivity contribution in [3.05, 3.63) is 18.1 Å². The predicted molar refractivity (Wildman–Crippen MR) is 76.2 cm³/mol. The van der Waals surface area contributed by atoms with Gasteiger partial charge in [0.25, 0.3) is 0 Å². The van der Waals surface area contributed by atoms with Gasteiger partial charge in [-0.25, -0.2) is 9.97 Å². The van der Waals surface area contributed by atoms with Crippen LogP contribution in [0.4, 0.5) is 5.82 Å². The van der Waals surface area contributed by atoms with Gasteiger partial charge in [0, 0.05) is 18.5 Å². The lowest BCUT2D eigenvalue weighted by molar-refractivity contribution is -0.114. The second-order valence-corrected chi connectivity index (χ2v) is 7.14. The summed E-state index contributed by atoms with van der Waals surface area (Å²) in [5.41, 5.74) is 0.198. The first-order valence-electron chi connectivity index (χ1n) is 7.74. The highest BCUT2D eigenvalue weighted by atomic mass is 16.1. The van der Waals surface area contributed by atoms with Crippen molar-refractivity contribution in [2.45, 2.75) is 50.9 Å². The molecule has 20 heavy (non-hydrogen) atoms. The molecular weight excluding hydrogens is 250 g/mol. The third kappa shape index (κ3) is 1.93. The summed E-state index contributed by atoms with van der Waals surface area (Å²) in [5, 5.41) is 2.79. The van der Waals surface area contributed by atoms with Crippen LogP contribution < -0.4 is 5.32 Å². The normalized spacial score (nSPS) is 38.0. The van der Waals surface area contributed by atoms with E-state index in [1.165, 1.54) is 45.4 Å². The Bertz CT molecular complexity index is 519. The van der Waals surface area contributed by atoms with Gasteiger partial charge in [-0.2, -0.15) is 0 Å². The van der Waals surface area contributed by atoms with Crippen molar-refractivity contribution in [1.29, 1.82) is 0 Å². The van der Waals surface area contributed by atoms with Crippen LogP contribution in [0.3, 0.4) is 0 Å². The number of hydrogen-bond acceptors (Lipinski definition) is 3. The minimum absolute atomic E-state index is 0.0693. The van der Waals surface area contributed by atoms with E-state index in [0.29, 0.717) is 5.82 Å². The van der Waals surface area contributed by atoms with Gasteiger partial charge in [-0.3, -0.25) is 4.79 Å². The Hall–Kier alpha value is -1.45. The van der Waals surface area contributed by atoms with Crippen molar-refractivity contribution in [3.8, 4) is 0 Å². The molecule has 0 saturated heterocycles. The van der Waals surface area contributed by atoms with Crippen LogP contribution in [-0.2, 0) is 10.2 Å². The number of hydrogen-bond donors (Lipinski definition) is 1. The van der Waals surface area contributed by atoms with E-state index in [4.69, 9.17) is 0 Å². The molecule has 0 aliphatic heterocycles. The molecule has 4 saturated carbocycles. The summed E-state index contributed by atoms with van der Waals surface area (Å²) < 4.78 is 0. The average molecular weight is 271 g/mol. The molecular formula is C16H21N3O. The molecule has 4 aliphatic rings. The van der Waals surface area contributed by atoms with Gasteiger partial charge in [0.15, 0.2) is 0 Å². The Labute approximate surface area is 119 Å². The van der Waals surface area contributed by atoms with Crippen LogP contribution in [-0.4, -0.2) is 15.9 Å². The molecule has 1 heterocycles. The average Bonchev–Trinajstić information content (AvgIpc) is 2.36. The standard InChI is InChI=1S/C16H21N3O/c1-10(20)18-14-2-3-17-15(19-14)16-7-11-4-12(8-16)6-13(5-11)9-16/h2-3,11-13H,4-9H2,1H3,(H,17,18,19,20). The molecule has 106 valence electrons. The molecule has 1 N–H and O–H groups in total. The van der Waals surface area contributed by atoms with Gasteiger partial charge < -0.3 is 5.32 Å². The number of rotatable bonds is 2. The third-order valence-corrected chi connectivity index (χ3v) is 5.47. The Morgan fingerprint density at radius 1 is 1.20 bits per heavy atom. The predicted octanol–water partition coefficient (Wildman–Crippen LogP) is 2.90. The summed E-state index contributed by atoms with van der Waals surface area (Å²) in [7, 11) is 0. The highest BCUT2D eigenvalue weighted by Gasteiger charge is 2.53. The molecule has 4 fully saturated rings. The molecule has 5 rings (SSSR count). The molecule has 0 aromatic carbocycles. The summed E-state index contributed by atoms with van der Waals surface area (Å²) in [5.74, 6) is 4.21. The second kappa shape index (κ2) is 4.27. The number of carbonyl (C=O) groups excluding carboxylic acids is 1. The van der Waals surface area contributed by atoms with E-state index < -0.39 is 0 Å². The van der Waals surface area contributed by atoms with Crippen LogP contribution in [0.15, 0.2) is 12.3 Å². The van der Waals surface area contributed by atoms with E-state index in [9.17, 15) is 4.79 Å². The van der Waals surface area contributed by atoms with E-state index in [0.717, 1.165) is 23.6 Å². The zero-order chi connectivity index (χ0) is 13.7. The van der Waals surface area contributed by atoms with Crippen molar-refractivity contribution in [2.75, 3.05) is 5.32 Å². The number of nitrogens with zero attached hydrogens (tertiary/aromatic N) is 2. The van der Waals surface area contributed by atoms with Crippen molar-refractivity contribution >= 4 is 11.7 Å². The van der Waals surface area contributed by atoms with Gasteiger partial charge in [0.2, 0.25) is 5.91 Å². The van der Waals surface area contributed by atoms with Crippen LogP contribution in [0.2, 0.25) is 0 Å². The minimum Gasteiger partial charge on any atom is -0.311 e. The second-order valence-electron chi connectivity index (χ2n) is 7.14. The smallest absolute Gasteiger partial charge is 0.222 e. The Morgan fingerprint density at radius 2 is 1.80 bits per heavy atom. The van der Waals surface area contributed by atoms with Crippen LogP contribution in [0.1, 0.15) is 51.3 Å². The van der Waals surface area contributed by atoms with Gasteiger partial charge in [-0.05, 0) is 62.3 Å². The van der Waals surface area contributed by atoms with Gasteiger partial charge in [-0.15, -0.1) is 0 Å². The van der Waals surface area contributed by atoms with Gasteiger partial charge >= 0.3 is 0 Å². The highest BCUT2D eigenvalue weighted by Crippen LogP contribution is 2.60. The number of nitrogens with one attached hydrogen (secondary N) is 1. The Balaban J connectivity index is 1.68. The van der Waals surface area contributed by atoms with Crippen molar-refractivity contribution in [3.63, 3.8) is 0 Å². The lowest BCUT2D eigenvalue weighted by atomic mass is 9.49. The first-order chi connectivity index (χ1) is 9.63. The summed E-state index contributed by atoms with van der Waals surface area (Å²) in [6.07, 6.45) is 9.82. The minimum atomic E-state index is -0.0693. The molecule has 4 aliphatic carbocycles. The Morgan fingerprint density at radius 3 is 2.35 bits per heavy atom. The quantitative estimate of drug-likeness (QED) is 0.899. The van der Waals surface area contributed by atoms with E-state index in [-0.39, 0.29) is 11.3 Å². The molecule has 0 spiro atoms. The molecule has 0 unspecified atom stereocenters. The maximum absolute atomic E-state index is 11.2. The maximum Gasteiger partial charge on any atom is 0.222 e. The van der Waals surface area contributed by atoms with Crippen molar-refractivity contribution in [1.82, 2.24) is 9.97 Å². The highest BCUT2D eigenvalue weighted by molar-refractivity contribution is 5.87. The Kier molecular flexibility index (Phi) is 2.63. The zero-order valence-corrected chi connectivity index (χ0v) is 11.9. The monoisotopic (exact) mass is 271 g/mol. The van der Waals surface area contributed by atoms with E-state index in [2.05, 4.69) is 15.3 Å². The number of carbonyl (C=O) groups is 1. The van der Waals surface area contributed by atoms with E-state index in [1.807, 2.05) is 0 Å². The summed E-state index contributed by atoms with van der Waals surface area (Å²) >= 11 is 0.